The molecule has 0 aromatic carbocycles. The van der Waals surface area contributed by atoms with Gasteiger partial charge in [0, 0.05) is 12.8 Å². The van der Waals surface area contributed by atoms with Crippen LogP contribution in [0.15, 0.2) is 60.8 Å². The molecule has 0 rings (SSSR count). The SMILES string of the molecule is CCCCC/C=C/C/C=C/C/C=C/C/C=C/C/C=C/CCC(=O)OC[C@H](COP(=O)(O)O)OC(=O)CCCCCCCCCCCCCCCCCCCCCCC. The Morgan fingerprint density at radius 3 is 1.22 bits per heavy atom. The van der Waals surface area contributed by atoms with E-state index in [9.17, 15) is 14.2 Å². The number of phosphoric ester groups is 1. The first kappa shape index (κ1) is 55.8. The average Bonchev–Trinajstić information content (AvgIpc) is 3.20. The van der Waals surface area contributed by atoms with Gasteiger partial charge < -0.3 is 19.3 Å². The Balaban J connectivity index is 3.95. The summed E-state index contributed by atoms with van der Waals surface area (Å²) in [6, 6.07) is 0. The lowest BCUT2D eigenvalue weighted by Crippen LogP contribution is -2.29. The zero-order chi connectivity index (χ0) is 42.5. The largest absolute Gasteiger partial charge is 0.469 e. The van der Waals surface area contributed by atoms with Crippen molar-refractivity contribution in [3.05, 3.63) is 60.8 Å². The molecule has 2 N–H and O–H groups in total. The van der Waals surface area contributed by atoms with Crippen molar-refractivity contribution < 1.29 is 37.9 Å². The fraction of sp³-hybridized carbons (Fsp3) is 0.755. The summed E-state index contributed by atoms with van der Waals surface area (Å²) >= 11 is 0. The minimum Gasteiger partial charge on any atom is -0.462 e. The molecule has 0 aromatic heterocycles. The molecule has 0 aliphatic rings. The fourth-order valence-electron chi connectivity index (χ4n) is 6.53. The molecule has 336 valence electrons. The highest BCUT2D eigenvalue weighted by Crippen LogP contribution is 2.36. The summed E-state index contributed by atoms with van der Waals surface area (Å²) in [6.07, 6.45) is 56.8. The molecule has 0 bridgehead atoms. The number of esters is 2. The quantitative estimate of drug-likeness (QED) is 0.0270. The molecule has 1 atom stereocenters. The topological polar surface area (TPSA) is 119 Å². The number of hydrogen-bond donors (Lipinski definition) is 2. The van der Waals surface area contributed by atoms with Crippen molar-refractivity contribution in [1.82, 2.24) is 0 Å². The molecule has 8 nitrogen and oxygen atoms in total. The first-order valence-electron chi connectivity index (χ1n) is 23.6. The van der Waals surface area contributed by atoms with Crippen LogP contribution < -0.4 is 0 Å². The second-order valence-corrected chi connectivity index (χ2v) is 17.0. The van der Waals surface area contributed by atoms with E-state index in [1.807, 2.05) is 12.2 Å². The standard InChI is InChI=1S/C49H87O8P/c1-3-5-7-9-11-13-15-17-19-21-23-24-26-28-30-32-34-36-38-40-42-44-49(51)57-47(46-56-58(52,53)54)45-55-48(50)43-41-39-37-35-33-31-29-27-25-22-20-18-16-14-12-10-8-6-4-2/h12,14,18,20,25,27,31,33,37,39,47H,3-11,13,15-17,19,21-24,26,28-30,32,34-36,38,40-46H2,1-2H3,(H2,52,53,54)/b14-12+,20-18+,27-25+,33-31+,39-37+/t47-/m1/s1. The summed E-state index contributed by atoms with van der Waals surface area (Å²) in [7, 11) is -4.77. The van der Waals surface area contributed by atoms with Gasteiger partial charge in [-0.25, -0.2) is 4.57 Å². The van der Waals surface area contributed by atoms with E-state index in [4.69, 9.17) is 19.3 Å². The molecular formula is C49H87O8P. The Kier molecular flexibility index (Phi) is 42.6. The molecule has 0 aliphatic heterocycles. The first-order valence-corrected chi connectivity index (χ1v) is 25.1. The lowest BCUT2D eigenvalue weighted by Gasteiger charge is -2.18. The van der Waals surface area contributed by atoms with Crippen LogP contribution in [0.25, 0.3) is 0 Å². The van der Waals surface area contributed by atoms with Crippen LogP contribution in [0.2, 0.25) is 0 Å². The predicted octanol–water partition coefficient (Wildman–Crippen LogP) is 14.9. The van der Waals surface area contributed by atoms with Crippen molar-refractivity contribution in [2.75, 3.05) is 13.2 Å². The molecule has 0 fully saturated rings. The third-order valence-corrected chi connectivity index (χ3v) is 10.5. The molecule has 0 unspecified atom stereocenters. The van der Waals surface area contributed by atoms with Gasteiger partial charge >= 0.3 is 19.8 Å². The minimum absolute atomic E-state index is 0.143. The lowest BCUT2D eigenvalue weighted by atomic mass is 10.0. The average molecular weight is 835 g/mol. The van der Waals surface area contributed by atoms with Crippen LogP contribution in [0.5, 0.6) is 0 Å². The normalized spacial score (nSPS) is 13.0. The summed E-state index contributed by atoms with van der Waals surface area (Å²) in [5.74, 6) is -0.975. The van der Waals surface area contributed by atoms with Gasteiger partial charge in [0.1, 0.15) is 6.61 Å². The van der Waals surface area contributed by atoms with Gasteiger partial charge in [-0.3, -0.25) is 14.1 Å². The highest BCUT2D eigenvalue weighted by Gasteiger charge is 2.22. The molecule has 0 radical (unpaired) electrons. The van der Waals surface area contributed by atoms with Gasteiger partial charge in [-0.15, -0.1) is 0 Å². The van der Waals surface area contributed by atoms with Crippen molar-refractivity contribution in [1.29, 1.82) is 0 Å². The van der Waals surface area contributed by atoms with Crippen molar-refractivity contribution in [3.63, 3.8) is 0 Å². The van der Waals surface area contributed by atoms with E-state index in [2.05, 4.69) is 67.0 Å². The zero-order valence-electron chi connectivity index (χ0n) is 37.2. The van der Waals surface area contributed by atoms with Gasteiger partial charge in [0.05, 0.1) is 6.61 Å². The molecular weight excluding hydrogens is 748 g/mol. The number of phosphoric acid groups is 1. The maximum atomic E-state index is 12.4. The van der Waals surface area contributed by atoms with E-state index < -0.39 is 32.5 Å². The Bertz CT molecular complexity index is 1120. The van der Waals surface area contributed by atoms with Gasteiger partial charge in [0.2, 0.25) is 0 Å². The molecule has 9 heteroatoms. The summed E-state index contributed by atoms with van der Waals surface area (Å²) < 4.78 is 26.4. The van der Waals surface area contributed by atoms with Gasteiger partial charge in [0.15, 0.2) is 6.10 Å². The third kappa shape index (κ3) is 46.4. The maximum Gasteiger partial charge on any atom is 0.469 e. The number of ether oxygens (including phenoxy) is 2. The van der Waals surface area contributed by atoms with E-state index in [0.29, 0.717) is 12.8 Å². The second kappa shape index (κ2) is 44.3. The van der Waals surface area contributed by atoms with Crippen molar-refractivity contribution in [2.24, 2.45) is 0 Å². The van der Waals surface area contributed by atoms with Crippen LogP contribution in [-0.4, -0.2) is 41.0 Å². The van der Waals surface area contributed by atoms with E-state index >= 15 is 0 Å². The van der Waals surface area contributed by atoms with Crippen LogP contribution >= 0.6 is 7.82 Å². The Hall–Kier alpha value is -2.25. The number of unbranched alkanes of at least 4 members (excludes halogenated alkanes) is 23. The van der Waals surface area contributed by atoms with E-state index in [1.54, 1.807) is 0 Å². The van der Waals surface area contributed by atoms with E-state index in [-0.39, 0.29) is 19.4 Å². The van der Waals surface area contributed by atoms with Crippen molar-refractivity contribution in [3.8, 4) is 0 Å². The second-order valence-electron chi connectivity index (χ2n) is 15.7. The lowest BCUT2D eigenvalue weighted by molar-refractivity contribution is -0.161. The number of carbonyl (C=O) groups excluding carboxylic acids is 2. The summed E-state index contributed by atoms with van der Waals surface area (Å²) in [6.45, 7) is 3.62. The number of rotatable bonds is 43. The van der Waals surface area contributed by atoms with Crippen LogP contribution in [0.1, 0.15) is 219 Å². The van der Waals surface area contributed by atoms with Gasteiger partial charge in [0.25, 0.3) is 0 Å². The minimum atomic E-state index is -4.77. The fourth-order valence-corrected chi connectivity index (χ4v) is 6.89. The molecule has 0 aliphatic carbocycles. The van der Waals surface area contributed by atoms with Gasteiger partial charge in [-0.05, 0) is 51.4 Å². The van der Waals surface area contributed by atoms with Crippen LogP contribution in [0.3, 0.4) is 0 Å². The summed E-state index contributed by atoms with van der Waals surface area (Å²) in [5.41, 5.74) is 0. The van der Waals surface area contributed by atoms with Crippen LogP contribution in [-0.2, 0) is 28.2 Å². The number of allylic oxidation sites excluding steroid dienone is 10. The van der Waals surface area contributed by atoms with Gasteiger partial charge in [-0.1, -0.05) is 216 Å². The number of hydrogen-bond acceptors (Lipinski definition) is 6. The Labute approximate surface area is 356 Å². The summed E-state index contributed by atoms with van der Waals surface area (Å²) in [4.78, 5) is 42.9. The number of carbonyl (C=O) groups is 2. The Morgan fingerprint density at radius 1 is 0.448 bits per heavy atom. The van der Waals surface area contributed by atoms with Gasteiger partial charge in [-0.2, -0.15) is 0 Å². The molecule has 0 saturated heterocycles. The molecule has 0 amide bonds. The Morgan fingerprint density at radius 2 is 0.810 bits per heavy atom. The highest BCUT2D eigenvalue weighted by atomic mass is 31.2. The molecule has 0 saturated carbocycles. The molecule has 0 heterocycles. The third-order valence-electron chi connectivity index (χ3n) is 10.1. The molecule has 58 heavy (non-hydrogen) atoms. The van der Waals surface area contributed by atoms with E-state index in [1.165, 1.54) is 135 Å². The monoisotopic (exact) mass is 835 g/mol. The smallest absolute Gasteiger partial charge is 0.462 e. The molecule has 0 aromatic rings. The summed E-state index contributed by atoms with van der Waals surface area (Å²) in [5, 5.41) is 0. The molecule has 0 spiro atoms. The van der Waals surface area contributed by atoms with Crippen LogP contribution in [0.4, 0.5) is 0 Å². The van der Waals surface area contributed by atoms with E-state index in [0.717, 1.165) is 44.9 Å². The van der Waals surface area contributed by atoms with Crippen molar-refractivity contribution >= 4 is 19.8 Å². The first-order chi connectivity index (χ1) is 28.3. The maximum absolute atomic E-state index is 12.4. The predicted molar refractivity (Wildman–Crippen MR) is 244 cm³/mol. The highest BCUT2D eigenvalue weighted by molar-refractivity contribution is 7.46. The van der Waals surface area contributed by atoms with Crippen molar-refractivity contribution in [2.45, 2.75) is 225 Å². The zero-order valence-corrected chi connectivity index (χ0v) is 38.1. The van der Waals surface area contributed by atoms with Crippen LogP contribution in [0, 0.1) is 0 Å².